The van der Waals surface area contributed by atoms with Crippen LogP contribution >= 0.6 is 0 Å². The number of hydrogen-bond acceptors (Lipinski definition) is 1. The lowest BCUT2D eigenvalue weighted by Gasteiger charge is -2.01. The van der Waals surface area contributed by atoms with Crippen LogP contribution in [0.5, 0.6) is 0 Å². The molecular formula is C13H14OSi. The number of benzene rings is 2. The van der Waals surface area contributed by atoms with Crippen molar-refractivity contribution in [2.45, 2.75) is 6.55 Å². The maximum absolute atomic E-state index is 9.34. The second-order valence-corrected chi connectivity index (χ2v) is 5.53. The molecule has 0 amide bonds. The van der Waals surface area contributed by atoms with Crippen LogP contribution in [0.1, 0.15) is 5.56 Å². The van der Waals surface area contributed by atoms with E-state index in [0.717, 1.165) is 0 Å². The normalized spacial score (nSPS) is 13.5. The Morgan fingerprint density at radius 3 is 2.60 bits per heavy atom. The molecule has 1 unspecified atom stereocenters. The lowest BCUT2D eigenvalue weighted by molar-refractivity contribution is 0.593. The molecule has 0 aliphatic carbocycles. The fourth-order valence-electron chi connectivity index (χ4n) is 1.64. The van der Waals surface area contributed by atoms with Crippen LogP contribution in [0.25, 0.3) is 16.8 Å². The highest BCUT2D eigenvalue weighted by atomic mass is 28.3. The van der Waals surface area contributed by atoms with Crippen LogP contribution in [0.4, 0.5) is 0 Å². The molecule has 0 saturated heterocycles. The zero-order chi connectivity index (χ0) is 10.7. The van der Waals surface area contributed by atoms with Crippen molar-refractivity contribution in [1.82, 2.24) is 0 Å². The van der Waals surface area contributed by atoms with Crippen molar-refractivity contribution < 1.29 is 4.80 Å². The molecule has 2 aromatic rings. The molecule has 2 aromatic carbocycles. The van der Waals surface area contributed by atoms with Crippen LogP contribution in [0.15, 0.2) is 48.2 Å². The smallest absolute Gasteiger partial charge is 0.193 e. The Bertz CT molecular complexity index is 483. The third-order valence-corrected chi connectivity index (χ3v) is 3.13. The first-order valence-electron chi connectivity index (χ1n) is 5.11. The van der Waals surface area contributed by atoms with Gasteiger partial charge in [0.1, 0.15) is 0 Å². The molecule has 2 heteroatoms. The Balaban J connectivity index is 2.51. The van der Waals surface area contributed by atoms with E-state index >= 15 is 0 Å². The zero-order valence-electron chi connectivity index (χ0n) is 8.72. The molecule has 0 saturated carbocycles. The highest BCUT2D eigenvalue weighted by molar-refractivity contribution is 6.55. The maximum Gasteiger partial charge on any atom is 0.193 e. The van der Waals surface area contributed by atoms with E-state index < -0.39 is 9.04 Å². The highest BCUT2D eigenvalue weighted by Gasteiger charge is 1.97. The average molecular weight is 214 g/mol. The summed E-state index contributed by atoms with van der Waals surface area (Å²) in [5, 5.41) is 2.48. The van der Waals surface area contributed by atoms with Crippen LogP contribution < -0.4 is 0 Å². The van der Waals surface area contributed by atoms with E-state index in [0.29, 0.717) is 0 Å². The SMILES string of the molecule is C[SiH](O)C=Cc1cccc2ccccc12. The standard InChI is InChI=1S/C13H14OSi/c1-15(14)10-9-12-7-4-6-11-5-2-3-8-13(11)12/h2-10,14-15H,1H3. The molecule has 0 heterocycles. The van der Waals surface area contributed by atoms with Gasteiger partial charge in [-0.05, 0) is 22.9 Å². The molecule has 1 N–H and O–H groups in total. The van der Waals surface area contributed by atoms with Crippen LogP contribution in [-0.4, -0.2) is 13.8 Å². The summed E-state index contributed by atoms with van der Waals surface area (Å²) >= 11 is 0. The van der Waals surface area contributed by atoms with Crippen LogP contribution in [0, 0.1) is 0 Å². The second-order valence-electron chi connectivity index (χ2n) is 3.67. The molecule has 0 aliphatic rings. The van der Waals surface area contributed by atoms with Gasteiger partial charge in [-0.15, -0.1) is 0 Å². The summed E-state index contributed by atoms with van der Waals surface area (Å²) in [6.45, 7) is 1.89. The molecule has 1 nitrogen and oxygen atoms in total. The van der Waals surface area contributed by atoms with Gasteiger partial charge in [-0.3, -0.25) is 0 Å². The number of hydrogen-bond donors (Lipinski definition) is 1. The second kappa shape index (κ2) is 4.42. The molecule has 0 aliphatic heterocycles. The van der Waals surface area contributed by atoms with E-state index in [9.17, 15) is 4.80 Å². The van der Waals surface area contributed by atoms with E-state index in [4.69, 9.17) is 0 Å². The minimum absolute atomic E-state index is 1.18. The minimum atomic E-state index is -1.60. The van der Waals surface area contributed by atoms with Gasteiger partial charge in [-0.2, -0.15) is 0 Å². The van der Waals surface area contributed by atoms with Crippen molar-refractivity contribution in [2.24, 2.45) is 0 Å². The van der Waals surface area contributed by atoms with Gasteiger partial charge in [-0.25, -0.2) is 0 Å². The van der Waals surface area contributed by atoms with Crippen molar-refractivity contribution in [2.75, 3.05) is 0 Å². The highest BCUT2D eigenvalue weighted by Crippen LogP contribution is 2.19. The Morgan fingerprint density at radius 1 is 1.07 bits per heavy atom. The van der Waals surface area contributed by atoms with Gasteiger partial charge in [-0.1, -0.05) is 54.2 Å². The lowest BCUT2D eigenvalue weighted by Crippen LogP contribution is -1.98. The Hall–Kier alpha value is -1.38. The molecule has 0 bridgehead atoms. The maximum atomic E-state index is 9.34. The fourth-order valence-corrected chi connectivity index (χ4v) is 2.12. The third-order valence-electron chi connectivity index (χ3n) is 2.38. The van der Waals surface area contributed by atoms with Gasteiger partial charge in [0.05, 0.1) is 0 Å². The van der Waals surface area contributed by atoms with Gasteiger partial charge in [0.25, 0.3) is 0 Å². The Labute approximate surface area is 91.4 Å². The molecular weight excluding hydrogens is 200 g/mol. The largest absolute Gasteiger partial charge is 0.431 e. The minimum Gasteiger partial charge on any atom is -0.431 e. The molecule has 0 aromatic heterocycles. The Kier molecular flexibility index (Phi) is 2.99. The van der Waals surface area contributed by atoms with Gasteiger partial charge in [0.15, 0.2) is 9.04 Å². The first kappa shape index (κ1) is 10.1. The van der Waals surface area contributed by atoms with E-state index in [-0.39, 0.29) is 0 Å². The van der Waals surface area contributed by atoms with E-state index in [1.165, 1.54) is 16.3 Å². The van der Waals surface area contributed by atoms with Gasteiger partial charge in [0.2, 0.25) is 0 Å². The topological polar surface area (TPSA) is 20.2 Å². The quantitative estimate of drug-likeness (QED) is 0.762. The number of rotatable bonds is 2. The fraction of sp³-hybridized carbons (Fsp3) is 0.0769. The van der Waals surface area contributed by atoms with Gasteiger partial charge < -0.3 is 4.80 Å². The summed E-state index contributed by atoms with van der Waals surface area (Å²) in [7, 11) is -1.60. The lowest BCUT2D eigenvalue weighted by atomic mass is 10.1. The summed E-state index contributed by atoms with van der Waals surface area (Å²) in [6, 6.07) is 14.5. The molecule has 0 radical (unpaired) electrons. The average Bonchev–Trinajstić information content (AvgIpc) is 2.26. The first-order chi connectivity index (χ1) is 7.27. The van der Waals surface area contributed by atoms with Crippen LogP contribution in [-0.2, 0) is 0 Å². The zero-order valence-corrected chi connectivity index (χ0v) is 9.88. The van der Waals surface area contributed by atoms with Crippen molar-refractivity contribution in [3.63, 3.8) is 0 Å². The summed E-state index contributed by atoms with van der Waals surface area (Å²) in [5.41, 5.74) is 3.11. The number of fused-ring (bicyclic) bond motifs is 1. The third kappa shape index (κ3) is 2.35. The summed E-state index contributed by atoms with van der Waals surface area (Å²) in [6.07, 6.45) is 2.03. The van der Waals surface area contributed by atoms with Crippen molar-refractivity contribution in [3.8, 4) is 0 Å². The van der Waals surface area contributed by atoms with Crippen molar-refractivity contribution >= 4 is 25.9 Å². The van der Waals surface area contributed by atoms with Gasteiger partial charge in [0, 0.05) is 0 Å². The van der Waals surface area contributed by atoms with Crippen molar-refractivity contribution in [1.29, 1.82) is 0 Å². The molecule has 15 heavy (non-hydrogen) atoms. The summed E-state index contributed by atoms with van der Waals surface area (Å²) in [5.74, 6) is 0. The molecule has 2 rings (SSSR count). The predicted octanol–water partition coefficient (Wildman–Crippen LogP) is 2.74. The van der Waals surface area contributed by atoms with E-state index in [1.54, 1.807) is 0 Å². The monoisotopic (exact) mass is 214 g/mol. The van der Waals surface area contributed by atoms with Crippen LogP contribution in [0.3, 0.4) is 0 Å². The van der Waals surface area contributed by atoms with E-state index in [1.807, 2.05) is 36.5 Å². The molecule has 1 atom stereocenters. The first-order valence-corrected chi connectivity index (χ1v) is 7.45. The summed E-state index contributed by atoms with van der Waals surface area (Å²) < 4.78 is 0. The Morgan fingerprint density at radius 2 is 1.80 bits per heavy atom. The molecule has 0 spiro atoms. The van der Waals surface area contributed by atoms with Crippen LogP contribution in [0.2, 0.25) is 6.55 Å². The van der Waals surface area contributed by atoms with E-state index in [2.05, 4.69) is 24.3 Å². The predicted molar refractivity (Wildman–Crippen MR) is 68.2 cm³/mol. The molecule has 0 fully saturated rings. The summed E-state index contributed by atoms with van der Waals surface area (Å²) in [4.78, 5) is 9.34. The van der Waals surface area contributed by atoms with Crippen molar-refractivity contribution in [3.05, 3.63) is 53.7 Å². The van der Waals surface area contributed by atoms with Gasteiger partial charge >= 0.3 is 0 Å². The molecule has 76 valence electrons.